The molecular weight excluding hydrogens is 405 g/mol. The van der Waals surface area contributed by atoms with E-state index >= 15 is 0 Å². The van der Waals surface area contributed by atoms with E-state index in [0.29, 0.717) is 23.6 Å². The standard InChI is InChI=1S/C22H30FN3O5/c1-13(2)26-19(10-9-17(28)11-18(29)12-20(30)31)21(15-5-7-16(23)8-6-15)24-22(26)25(4)14(3)27/h5-8,13,17-18,28-29H,9-12H2,1-4H3,(H,30,31). The number of halogens is 1. The molecule has 1 heterocycles. The molecule has 0 saturated heterocycles. The number of carboxylic acids is 1. The molecule has 0 fully saturated rings. The molecule has 1 aromatic carbocycles. The van der Waals surface area contributed by atoms with Gasteiger partial charge >= 0.3 is 5.97 Å². The molecule has 0 aliphatic rings. The topological polar surface area (TPSA) is 116 Å². The van der Waals surface area contributed by atoms with Crippen molar-refractivity contribution in [1.82, 2.24) is 9.55 Å². The van der Waals surface area contributed by atoms with Gasteiger partial charge in [0.15, 0.2) is 0 Å². The fourth-order valence-electron chi connectivity index (χ4n) is 3.47. The van der Waals surface area contributed by atoms with E-state index in [4.69, 9.17) is 5.11 Å². The van der Waals surface area contributed by atoms with E-state index in [2.05, 4.69) is 4.98 Å². The first-order valence-electron chi connectivity index (χ1n) is 10.2. The third-order valence-electron chi connectivity index (χ3n) is 5.07. The van der Waals surface area contributed by atoms with Crippen LogP contribution in [-0.2, 0) is 16.0 Å². The van der Waals surface area contributed by atoms with Gasteiger partial charge in [-0.3, -0.25) is 14.5 Å². The third kappa shape index (κ3) is 6.35. The number of imidazole rings is 1. The van der Waals surface area contributed by atoms with Gasteiger partial charge in [0.1, 0.15) is 5.82 Å². The van der Waals surface area contributed by atoms with Crippen molar-refractivity contribution in [3.05, 3.63) is 35.8 Å². The first-order valence-corrected chi connectivity index (χ1v) is 10.2. The van der Waals surface area contributed by atoms with Crippen LogP contribution in [0.25, 0.3) is 11.3 Å². The van der Waals surface area contributed by atoms with Crippen molar-refractivity contribution in [3.63, 3.8) is 0 Å². The number of nitrogens with zero attached hydrogens (tertiary/aromatic N) is 3. The Labute approximate surface area is 181 Å². The summed E-state index contributed by atoms with van der Waals surface area (Å²) in [6, 6.07) is 5.83. The lowest BCUT2D eigenvalue weighted by atomic mass is 10.0. The SMILES string of the molecule is CC(=O)N(C)c1nc(-c2ccc(F)cc2)c(CCC(O)CC(O)CC(=O)O)n1C(C)C. The molecule has 8 nitrogen and oxygen atoms in total. The van der Waals surface area contributed by atoms with Gasteiger partial charge in [0.2, 0.25) is 11.9 Å². The highest BCUT2D eigenvalue weighted by molar-refractivity contribution is 5.89. The average molecular weight is 435 g/mol. The Morgan fingerprint density at radius 2 is 1.77 bits per heavy atom. The molecule has 0 bridgehead atoms. The number of hydrogen-bond acceptors (Lipinski definition) is 5. The number of rotatable bonds is 10. The minimum absolute atomic E-state index is 0.0526. The summed E-state index contributed by atoms with van der Waals surface area (Å²) in [5.41, 5.74) is 2.01. The number of benzene rings is 1. The fraction of sp³-hybridized carbons (Fsp3) is 0.500. The Kier molecular flexibility index (Phi) is 8.29. The first-order chi connectivity index (χ1) is 14.5. The number of aliphatic carboxylic acids is 1. The average Bonchev–Trinajstić information content (AvgIpc) is 3.05. The van der Waals surface area contributed by atoms with E-state index in [-0.39, 0.29) is 30.6 Å². The Morgan fingerprint density at radius 3 is 2.29 bits per heavy atom. The molecule has 0 saturated carbocycles. The Bertz CT molecular complexity index is 911. The lowest BCUT2D eigenvalue weighted by molar-refractivity contribution is -0.139. The maximum absolute atomic E-state index is 13.4. The molecule has 2 aromatic rings. The molecule has 3 N–H and O–H groups in total. The highest BCUT2D eigenvalue weighted by Gasteiger charge is 2.25. The van der Waals surface area contributed by atoms with E-state index in [9.17, 15) is 24.2 Å². The van der Waals surface area contributed by atoms with E-state index in [1.54, 1.807) is 19.2 Å². The van der Waals surface area contributed by atoms with Gasteiger partial charge in [-0.05, 0) is 57.4 Å². The smallest absolute Gasteiger partial charge is 0.305 e. The summed E-state index contributed by atoms with van der Waals surface area (Å²) in [7, 11) is 1.62. The lowest BCUT2D eigenvalue weighted by Crippen LogP contribution is -2.27. The number of carbonyl (C=O) groups excluding carboxylic acids is 1. The molecule has 1 amide bonds. The third-order valence-corrected chi connectivity index (χ3v) is 5.07. The van der Waals surface area contributed by atoms with Crippen LogP contribution in [0.4, 0.5) is 10.3 Å². The van der Waals surface area contributed by atoms with Crippen LogP contribution in [0.2, 0.25) is 0 Å². The Balaban J connectivity index is 2.41. The van der Waals surface area contributed by atoms with E-state index in [0.717, 1.165) is 5.69 Å². The monoisotopic (exact) mass is 435 g/mol. The molecule has 0 aliphatic heterocycles. The van der Waals surface area contributed by atoms with Crippen molar-refractivity contribution >= 4 is 17.8 Å². The molecule has 2 rings (SSSR count). The van der Waals surface area contributed by atoms with Crippen LogP contribution in [0.3, 0.4) is 0 Å². The van der Waals surface area contributed by atoms with Crippen LogP contribution >= 0.6 is 0 Å². The Morgan fingerprint density at radius 1 is 1.16 bits per heavy atom. The summed E-state index contributed by atoms with van der Waals surface area (Å²) in [5.74, 6) is -1.26. The van der Waals surface area contributed by atoms with E-state index in [1.165, 1.54) is 24.0 Å². The zero-order chi connectivity index (χ0) is 23.3. The van der Waals surface area contributed by atoms with Crippen LogP contribution in [0.15, 0.2) is 24.3 Å². The quantitative estimate of drug-likeness (QED) is 0.529. The molecule has 31 heavy (non-hydrogen) atoms. The molecule has 0 spiro atoms. The molecule has 2 atom stereocenters. The van der Waals surface area contributed by atoms with Gasteiger partial charge in [-0.1, -0.05) is 0 Å². The number of aromatic nitrogens is 2. The largest absolute Gasteiger partial charge is 0.481 e. The number of carboxylic acid groups (broad SMARTS) is 1. The van der Waals surface area contributed by atoms with Crippen molar-refractivity contribution < 1.29 is 29.3 Å². The van der Waals surface area contributed by atoms with Gasteiger partial charge in [-0.25, -0.2) is 9.37 Å². The summed E-state index contributed by atoms with van der Waals surface area (Å²) in [6.45, 7) is 5.33. The number of aliphatic hydroxyl groups is 2. The van der Waals surface area contributed by atoms with Crippen LogP contribution in [0, 0.1) is 5.82 Å². The summed E-state index contributed by atoms with van der Waals surface area (Å²) >= 11 is 0. The van der Waals surface area contributed by atoms with Crippen LogP contribution < -0.4 is 4.90 Å². The fourth-order valence-corrected chi connectivity index (χ4v) is 3.47. The minimum Gasteiger partial charge on any atom is -0.481 e. The molecule has 0 aliphatic carbocycles. The van der Waals surface area contributed by atoms with Gasteiger partial charge < -0.3 is 19.9 Å². The van der Waals surface area contributed by atoms with Gasteiger partial charge in [-0.15, -0.1) is 0 Å². The van der Waals surface area contributed by atoms with Crippen LogP contribution in [0.5, 0.6) is 0 Å². The minimum atomic E-state index is -1.14. The predicted octanol–water partition coefficient (Wildman–Crippen LogP) is 2.77. The molecule has 9 heteroatoms. The second kappa shape index (κ2) is 10.5. The number of carbonyl (C=O) groups is 2. The summed E-state index contributed by atoms with van der Waals surface area (Å²) in [5, 5.41) is 28.9. The Hall–Kier alpha value is -2.78. The molecule has 2 unspecified atom stereocenters. The van der Waals surface area contributed by atoms with Gasteiger partial charge in [-0.2, -0.15) is 0 Å². The summed E-state index contributed by atoms with van der Waals surface area (Å²) < 4.78 is 15.3. The normalized spacial score (nSPS) is 13.3. The number of hydrogen-bond donors (Lipinski definition) is 3. The number of aliphatic hydroxyl groups excluding tert-OH is 2. The van der Waals surface area contributed by atoms with Crippen LogP contribution in [0.1, 0.15) is 51.8 Å². The van der Waals surface area contributed by atoms with Gasteiger partial charge in [0, 0.05) is 31.3 Å². The van der Waals surface area contributed by atoms with Crippen LogP contribution in [-0.4, -0.2) is 56.0 Å². The highest BCUT2D eigenvalue weighted by Crippen LogP contribution is 2.32. The number of amides is 1. The zero-order valence-corrected chi connectivity index (χ0v) is 18.2. The molecular formula is C22H30FN3O5. The maximum atomic E-state index is 13.4. The second-order valence-electron chi connectivity index (χ2n) is 7.94. The van der Waals surface area contributed by atoms with Crippen molar-refractivity contribution in [2.75, 3.05) is 11.9 Å². The summed E-state index contributed by atoms with van der Waals surface area (Å²) in [6.07, 6.45) is -1.93. The van der Waals surface area contributed by atoms with Crippen molar-refractivity contribution in [1.29, 1.82) is 0 Å². The van der Waals surface area contributed by atoms with Gasteiger partial charge in [0.25, 0.3) is 0 Å². The lowest BCUT2D eigenvalue weighted by Gasteiger charge is -2.21. The predicted molar refractivity (Wildman–Crippen MR) is 114 cm³/mol. The van der Waals surface area contributed by atoms with E-state index in [1.807, 2.05) is 18.4 Å². The van der Waals surface area contributed by atoms with Gasteiger partial charge in [0.05, 0.1) is 24.3 Å². The maximum Gasteiger partial charge on any atom is 0.305 e. The molecule has 1 aromatic heterocycles. The first kappa shape index (κ1) is 24.5. The van der Waals surface area contributed by atoms with Crippen molar-refractivity contribution in [2.24, 2.45) is 0 Å². The second-order valence-corrected chi connectivity index (χ2v) is 7.94. The summed E-state index contributed by atoms with van der Waals surface area (Å²) in [4.78, 5) is 28.8. The molecule has 0 radical (unpaired) electrons. The van der Waals surface area contributed by atoms with Crippen molar-refractivity contribution in [2.45, 2.75) is 64.7 Å². The highest BCUT2D eigenvalue weighted by atomic mass is 19.1. The van der Waals surface area contributed by atoms with E-state index < -0.39 is 24.6 Å². The molecule has 170 valence electrons. The number of anilines is 1. The van der Waals surface area contributed by atoms with Crippen molar-refractivity contribution in [3.8, 4) is 11.3 Å². The zero-order valence-electron chi connectivity index (χ0n) is 18.2.